The molecule has 2 aromatic rings. The molecule has 2 rings (SSSR count). The average Bonchev–Trinajstić information content (AvgIpc) is 2.80. The van der Waals surface area contributed by atoms with Crippen molar-refractivity contribution >= 4 is 23.6 Å². The maximum atomic E-state index is 13.7. The van der Waals surface area contributed by atoms with E-state index >= 15 is 0 Å². The van der Waals surface area contributed by atoms with Crippen LogP contribution in [0.5, 0.6) is 0 Å². The van der Waals surface area contributed by atoms with Crippen molar-refractivity contribution < 1.29 is 24.2 Å². The van der Waals surface area contributed by atoms with E-state index in [4.69, 9.17) is 11.2 Å². The second-order valence-corrected chi connectivity index (χ2v) is 9.69. The molecule has 0 aliphatic heterocycles. The number of terminal acetylenes is 1. The molecule has 36 heavy (non-hydrogen) atoms. The van der Waals surface area contributed by atoms with Crippen LogP contribution in [0.4, 0.5) is 10.5 Å². The van der Waals surface area contributed by atoms with Gasteiger partial charge in [0.15, 0.2) is 0 Å². The molecule has 0 aromatic heterocycles. The van der Waals surface area contributed by atoms with E-state index in [1.807, 2.05) is 19.1 Å². The van der Waals surface area contributed by atoms with Crippen molar-refractivity contribution in [2.24, 2.45) is 0 Å². The van der Waals surface area contributed by atoms with E-state index in [1.165, 1.54) is 4.90 Å². The summed E-state index contributed by atoms with van der Waals surface area (Å²) < 4.78 is 5.24. The van der Waals surface area contributed by atoms with E-state index in [2.05, 4.69) is 16.6 Å². The Morgan fingerprint density at radius 2 is 1.69 bits per heavy atom. The zero-order chi connectivity index (χ0) is 27.0. The summed E-state index contributed by atoms with van der Waals surface area (Å²) >= 11 is 0. The van der Waals surface area contributed by atoms with Gasteiger partial charge < -0.3 is 25.4 Å². The van der Waals surface area contributed by atoms with Crippen LogP contribution in [0.1, 0.15) is 57.4 Å². The summed E-state index contributed by atoms with van der Waals surface area (Å²) in [6, 6.07) is 11.2. The van der Waals surface area contributed by atoms with Crippen LogP contribution in [0.3, 0.4) is 0 Å². The quantitative estimate of drug-likeness (QED) is 0.485. The topological polar surface area (TPSA) is 108 Å². The molecule has 2 atom stereocenters. The minimum Gasteiger partial charge on any atom is -0.444 e. The summed E-state index contributed by atoms with van der Waals surface area (Å²) in [7, 11) is 0. The molecule has 192 valence electrons. The zero-order valence-corrected chi connectivity index (χ0v) is 21.7. The first kappa shape index (κ1) is 28.4. The number of amides is 3. The minimum absolute atomic E-state index is 0.450. The third-order valence-corrected chi connectivity index (χ3v) is 5.31. The molecule has 0 fully saturated rings. The lowest BCUT2D eigenvalue weighted by Gasteiger charge is -2.37. The molecular weight excluding hydrogens is 458 g/mol. The molecule has 0 aliphatic rings. The minimum atomic E-state index is -1.32. The number of aryl methyl sites for hydroxylation is 1. The molecule has 0 saturated heterocycles. The Bertz CT molecular complexity index is 1110. The molecule has 2 aromatic carbocycles. The summed E-state index contributed by atoms with van der Waals surface area (Å²) in [5.74, 6) is 1.45. The normalized spacial score (nSPS) is 12.8. The van der Waals surface area contributed by atoms with Crippen LogP contribution in [0.25, 0.3) is 0 Å². The summed E-state index contributed by atoms with van der Waals surface area (Å²) in [6.07, 6.45) is 4.64. The Morgan fingerprint density at radius 3 is 2.19 bits per heavy atom. The fraction of sp³-hybridized carbons (Fsp3) is 0.393. The Morgan fingerprint density at radius 1 is 1.08 bits per heavy atom. The molecule has 0 radical (unpaired) electrons. The van der Waals surface area contributed by atoms with Gasteiger partial charge in [0.2, 0.25) is 5.91 Å². The average molecular weight is 494 g/mol. The first-order valence-corrected chi connectivity index (χ1v) is 11.7. The monoisotopic (exact) mass is 493 g/mol. The van der Waals surface area contributed by atoms with E-state index in [-0.39, 0.29) is 0 Å². The third-order valence-electron chi connectivity index (χ3n) is 5.31. The van der Waals surface area contributed by atoms with Crippen LogP contribution < -0.4 is 10.6 Å². The van der Waals surface area contributed by atoms with Crippen LogP contribution in [0.2, 0.25) is 0 Å². The summed E-state index contributed by atoms with van der Waals surface area (Å²) in [5.41, 5.74) is 1.82. The molecule has 0 saturated carbocycles. The van der Waals surface area contributed by atoms with E-state index in [9.17, 15) is 19.5 Å². The van der Waals surface area contributed by atoms with E-state index in [0.717, 1.165) is 5.56 Å². The summed E-state index contributed by atoms with van der Waals surface area (Å²) in [4.78, 5) is 41.0. The van der Waals surface area contributed by atoms with E-state index < -0.39 is 48.2 Å². The fourth-order valence-corrected chi connectivity index (χ4v) is 3.61. The highest BCUT2D eigenvalue weighted by Gasteiger charge is 2.37. The van der Waals surface area contributed by atoms with Gasteiger partial charge in [-0.25, -0.2) is 4.79 Å². The lowest BCUT2D eigenvalue weighted by molar-refractivity contribution is -0.143. The molecule has 0 spiro atoms. The third kappa shape index (κ3) is 7.59. The van der Waals surface area contributed by atoms with Crippen molar-refractivity contribution in [3.05, 3.63) is 65.2 Å². The van der Waals surface area contributed by atoms with Gasteiger partial charge in [-0.3, -0.25) is 9.59 Å². The molecule has 3 amide bonds. The number of benzene rings is 2. The SMILES string of the molecule is C#Cc1ccc(C(C(=O)Nc2ccccc2C)N(C(=O)C(CO)NC(=O)OC(C)(C)C)C(C)C)cc1. The Balaban J connectivity index is 2.48. The zero-order valence-electron chi connectivity index (χ0n) is 21.7. The van der Waals surface area contributed by atoms with Crippen molar-refractivity contribution in [3.8, 4) is 12.3 Å². The second kappa shape index (κ2) is 12.2. The van der Waals surface area contributed by atoms with Gasteiger partial charge >= 0.3 is 6.09 Å². The number of alkyl carbamates (subject to hydrolysis) is 1. The largest absolute Gasteiger partial charge is 0.444 e. The Labute approximate surface area is 213 Å². The van der Waals surface area contributed by atoms with Gasteiger partial charge in [-0.1, -0.05) is 36.3 Å². The van der Waals surface area contributed by atoms with Gasteiger partial charge in [0.1, 0.15) is 17.7 Å². The van der Waals surface area contributed by atoms with Gasteiger partial charge in [-0.05, 0) is 70.9 Å². The fourth-order valence-electron chi connectivity index (χ4n) is 3.61. The predicted octanol–water partition coefficient (Wildman–Crippen LogP) is 3.78. The molecule has 2 unspecified atom stereocenters. The number of aliphatic hydroxyl groups excluding tert-OH is 1. The van der Waals surface area contributed by atoms with Crippen molar-refractivity contribution in [1.82, 2.24) is 10.2 Å². The Kier molecular flexibility index (Phi) is 9.65. The molecule has 3 N–H and O–H groups in total. The molecule has 0 bridgehead atoms. The van der Waals surface area contributed by atoms with Gasteiger partial charge in [0.05, 0.1) is 6.61 Å². The van der Waals surface area contributed by atoms with Crippen molar-refractivity contribution in [2.75, 3.05) is 11.9 Å². The summed E-state index contributed by atoms with van der Waals surface area (Å²) in [5, 5.41) is 15.3. The predicted molar refractivity (Wildman–Crippen MR) is 139 cm³/mol. The highest BCUT2D eigenvalue weighted by molar-refractivity contribution is 5.99. The maximum Gasteiger partial charge on any atom is 0.408 e. The van der Waals surface area contributed by atoms with E-state index in [0.29, 0.717) is 16.8 Å². The second-order valence-electron chi connectivity index (χ2n) is 9.69. The lowest BCUT2D eigenvalue weighted by Crippen LogP contribution is -2.55. The number of carbonyl (C=O) groups is 3. The van der Waals surface area contributed by atoms with Crippen LogP contribution in [-0.4, -0.2) is 52.2 Å². The van der Waals surface area contributed by atoms with Crippen LogP contribution in [0, 0.1) is 19.3 Å². The molecular formula is C28H35N3O5. The van der Waals surface area contributed by atoms with Crippen molar-refractivity contribution in [2.45, 2.75) is 65.3 Å². The van der Waals surface area contributed by atoms with Gasteiger partial charge in [-0.15, -0.1) is 6.42 Å². The molecule has 0 heterocycles. The number of aliphatic hydroxyl groups is 1. The number of para-hydroxylation sites is 1. The standard InChI is InChI=1S/C28H35N3O5/c1-8-20-13-15-21(16-14-20)24(25(33)29-22-12-10-9-11-19(22)4)31(18(2)3)26(34)23(17-32)30-27(35)36-28(5,6)7/h1,9-16,18,23-24,32H,17H2,2-7H3,(H,29,33)(H,30,35). The van der Waals surface area contributed by atoms with Gasteiger partial charge in [-0.2, -0.15) is 0 Å². The number of hydrogen-bond donors (Lipinski definition) is 3. The highest BCUT2D eigenvalue weighted by atomic mass is 16.6. The summed E-state index contributed by atoms with van der Waals surface area (Å²) in [6.45, 7) is 9.76. The number of hydrogen-bond acceptors (Lipinski definition) is 5. The molecule has 8 nitrogen and oxygen atoms in total. The van der Waals surface area contributed by atoms with Crippen LogP contribution >= 0.6 is 0 Å². The number of nitrogens with zero attached hydrogens (tertiary/aromatic N) is 1. The first-order chi connectivity index (χ1) is 16.9. The number of anilines is 1. The van der Waals surface area contributed by atoms with Crippen LogP contribution in [-0.2, 0) is 14.3 Å². The smallest absolute Gasteiger partial charge is 0.408 e. The maximum absolute atomic E-state index is 13.7. The molecule has 0 aliphatic carbocycles. The number of rotatable bonds is 8. The van der Waals surface area contributed by atoms with Gasteiger partial charge in [0, 0.05) is 17.3 Å². The van der Waals surface area contributed by atoms with Crippen LogP contribution in [0.15, 0.2) is 48.5 Å². The molecule has 8 heteroatoms. The van der Waals surface area contributed by atoms with Crippen molar-refractivity contribution in [1.29, 1.82) is 0 Å². The number of ether oxygens (including phenoxy) is 1. The number of carbonyl (C=O) groups excluding carboxylic acids is 3. The van der Waals surface area contributed by atoms with Crippen molar-refractivity contribution in [3.63, 3.8) is 0 Å². The van der Waals surface area contributed by atoms with E-state index in [1.54, 1.807) is 71.0 Å². The van der Waals surface area contributed by atoms with Gasteiger partial charge in [0.25, 0.3) is 5.91 Å². The highest BCUT2D eigenvalue weighted by Crippen LogP contribution is 2.27. The lowest BCUT2D eigenvalue weighted by atomic mass is 9.99. The Hall–Kier alpha value is -3.83. The first-order valence-electron chi connectivity index (χ1n) is 11.7. The number of nitrogens with one attached hydrogen (secondary N) is 2.